The van der Waals surface area contributed by atoms with E-state index in [0.717, 1.165) is 18.5 Å². The molecular formula is C18H27NS. The van der Waals surface area contributed by atoms with E-state index in [1.807, 2.05) is 0 Å². The van der Waals surface area contributed by atoms with Crippen molar-refractivity contribution in [2.45, 2.75) is 62.8 Å². The number of hydrogen-bond acceptors (Lipinski definition) is 2. The highest BCUT2D eigenvalue weighted by atomic mass is 32.2. The summed E-state index contributed by atoms with van der Waals surface area (Å²) >= 11 is 2.07. The fraction of sp³-hybridized carbons (Fsp3) is 0.667. The fourth-order valence-corrected chi connectivity index (χ4v) is 4.93. The van der Waals surface area contributed by atoms with Gasteiger partial charge in [0.2, 0.25) is 0 Å². The zero-order valence-corrected chi connectivity index (χ0v) is 13.5. The van der Waals surface area contributed by atoms with Crippen LogP contribution in [0.5, 0.6) is 0 Å². The number of nitrogens with one attached hydrogen (secondary N) is 1. The summed E-state index contributed by atoms with van der Waals surface area (Å²) in [6.45, 7) is 3.35. The van der Waals surface area contributed by atoms with Crippen LogP contribution in [0.1, 0.15) is 50.2 Å². The molecular weight excluding hydrogens is 262 g/mol. The molecule has 2 unspecified atom stereocenters. The van der Waals surface area contributed by atoms with Gasteiger partial charge in [-0.05, 0) is 80.0 Å². The van der Waals surface area contributed by atoms with Gasteiger partial charge in [-0.3, -0.25) is 0 Å². The summed E-state index contributed by atoms with van der Waals surface area (Å²) in [5.41, 5.74) is 3.21. The molecule has 2 aliphatic rings. The highest BCUT2D eigenvalue weighted by Crippen LogP contribution is 2.32. The molecule has 2 aliphatic carbocycles. The van der Waals surface area contributed by atoms with Gasteiger partial charge in [0.1, 0.15) is 0 Å². The predicted octanol–water partition coefficient (Wildman–Crippen LogP) is 4.44. The Morgan fingerprint density at radius 3 is 2.95 bits per heavy atom. The smallest absolute Gasteiger partial charge is 0.00955 e. The third-order valence-corrected chi connectivity index (χ3v) is 5.98. The number of hydrogen-bond donors (Lipinski definition) is 1. The number of benzene rings is 1. The molecule has 1 saturated carbocycles. The topological polar surface area (TPSA) is 12.0 Å². The van der Waals surface area contributed by atoms with Crippen LogP contribution in [-0.2, 0) is 12.8 Å². The summed E-state index contributed by atoms with van der Waals surface area (Å²) in [5, 5.41) is 3.67. The maximum atomic E-state index is 3.67. The van der Waals surface area contributed by atoms with Crippen molar-refractivity contribution in [1.82, 2.24) is 5.32 Å². The maximum Gasteiger partial charge on any atom is 0.00955 e. The van der Waals surface area contributed by atoms with Crippen LogP contribution in [-0.4, -0.2) is 18.3 Å². The van der Waals surface area contributed by atoms with Gasteiger partial charge >= 0.3 is 0 Å². The number of fused-ring (bicyclic) bond motifs is 1. The van der Waals surface area contributed by atoms with E-state index < -0.39 is 0 Å². The minimum atomic E-state index is 0.792. The van der Waals surface area contributed by atoms with Crippen molar-refractivity contribution in [1.29, 1.82) is 0 Å². The minimum absolute atomic E-state index is 0.792. The highest BCUT2D eigenvalue weighted by molar-refractivity contribution is 7.99. The lowest BCUT2D eigenvalue weighted by Crippen LogP contribution is -2.32. The standard InChI is InChI=1S/C18H27NS/c1-2-19-18-8-4-6-15(18)11-12-20-17-10-9-14-5-3-7-16(14)13-17/h9-10,13,15,18-19H,2-8,11-12H2,1H3. The second-order valence-corrected chi connectivity index (χ2v) is 7.44. The van der Waals surface area contributed by atoms with Crippen LogP contribution in [0.15, 0.2) is 23.1 Å². The fourth-order valence-electron chi connectivity index (χ4n) is 3.88. The molecule has 0 heterocycles. The number of aryl methyl sites for hydroxylation is 2. The molecule has 0 aliphatic heterocycles. The quantitative estimate of drug-likeness (QED) is 0.777. The van der Waals surface area contributed by atoms with Crippen molar-refractivity contribution >= 4 is 11.8 Å². The molecule has 110 valence electrons. The van der Waals surface area contributed by atoms with Crippen LogP contribution in [0.4, 0.5) is 0 Å². The first-order valence-corrected chi connectivity index (χ1v) is 9.33. The van der Waals surface area contributed by atoms with Gasteiger partial charge in [-0.15, -0.1) is 11.8 Å². The molecule has 1 nitrogen and oxygen atoms in total. The van der Waals surface area contributed by atoms with Gasteiger partial charge in [-0.2, -0.15) is 0 Å². The monoisotopic (exact) mass is 289 g/mol. The first kappa shape index (κ1) is 14.5. The van der Waals surface area contributed by atoms with Crippen LogP contribution < -0.4 is 5.32 Å². The Morgan fingerprint density at radius 1 is 1.15 bits per heavy atom. The predicted molar refractivity (Wildman–Crippen MR) is 88.6 cm³/mol. The molecule has 0 aromatic heterocycles. The minimum Gasteiger partial charge on any atom is -0.314 e. The van der Waals surface area contributed by atoms with Crippen molar-refractivity contribution in [3.8, 4) is 0 Å². The van der Waals surface area contributed by atoms with E-state index >= 15 is 0 Å². The summed E-state index contributed by atoms with van der Waals surface area (Å²) in [5.74, 6) is 2.20. The molecule has 0 bridgehead atoms. The van der Waals surface area contributed by atoms with E-state index in [1.165, 1.54) is 55.6 Å². The molecule has 0 amide bonds. The van der Waals surface area contributed by atoms with Gasteiger partial charge in [0, 0.05) is 10.9 Å². The molecule has 0 saturated heterocycles. The third kappa shape index (κ3) is 3.40. The van der Waals surface area contributed by atoms with E-state index in [-0.39, 0.29) is 0 Å². The van der Waals surface area contributed by atoms with E-state index in [0.29, 0.717) is 0 Å². The Balaban J connectivity index is 1.47. The average molecular weight is 289 g/mol. The van der Waals surface area contributed by atoms with Gasteiger partial charge < -0.3 is 5.32 Å². The van der Waals surface area contributed by atoms with Gasteiger partial charge in [-0.25, -0.2) is 0 Å². The normalized spacial score (nSPS) is 25.1. The lowest BCUT2D eigenvalue weighted by Gasteiger charge is -2.20. The zero-order valence-electron chi connectivity index (χ0n) is 12.7. The summed E-state index contributed by atoms with van der Waals surface area (Å²) in [4.78, 5) is 1.49. The Morgan fingerprint density at radius 2 is 2.05 bits per heavy atom. The molecule has 1 aromatic carbocycles. The third-order valence-electron chi connectivity index (χ3n) is 4.95. The second kappa shape index (κ2) is 7.00. The van der Waals surface area contributed by atoms with Crippen molar-refractivity contribution in [3.05, 3.63) is 29.3 Å². The Labute approximate surface area is 127 Å². The Kier molecular flexibility index (Phi) is 5.06. The first-order valence-electron chi connectivity index (χ1n) is 8.35. The molecule has 2 atom stereocenters. The van der Waals surface area contributed by atoms with Crippen LogP contribution in [0.2, 0.25) is 0 Å². The summed E-state index contributed by atoms with van der Waals surface area (Å²) in [6.07, 6.45) is 9.58. The van der Waals surface area contributed by atoms with Crippen molar-refractivity contribution in [3.63, 3.8) is 0 Å². The van der Waals surface area contributed by atoms with Crippen molar-refractivity contribution in [2.75, 3.05) is 12.3 Å². The molecule has 20 heavy (non-hydrogen) atoms. The average Bonchev–Trinajstić information content (AvgIpc) is 3.08. The van der Waals surface area contributed by atoms with E-state index in [9.17, 15) is 0 Å². The lowest BCUT2D eigenvalue weighted by atomic mass is 10.0. The molecule has 3 rings (SSSR count). The number of rotatable bonds is 6. The van der Waals surface area contributed by atoms with Crippen molar-refractivity contribution < 1.29 is 0 Å². The molecule has 1 N–H and O–H groups in total. The van der Waals surface area contributed by atoms with Gasteiger partial charge in [0.15, 0.2) is 0 Å². The largest absolute Gasteiger partial charge is 0.314 e. The van der Waals surface area contributed by atoms with Gasteiger partial charge in [0.05, 0.1) is 0 Å². The SMILES string of the molecule is CCNC1CCCC1CCSc1ccc2c(c1)CCC2. The van der Waals surface area contributed by atoms with E-state index in [1.54, 1.807) is 11.1 Å². The number of thioether (sulfide) groups is 1. The molecule has 0 radical (unpaired) electrons. The van der Waals surface area contributed by atoms with Crippen molar-refractivity contribution in [2.24, 2.45) is 5.92 Å². The molecule has 1 aromatic rings. The molecule has 1 fully saturated rings. The maximum absolute atomic E-state index is 3.67. The highest BCUT2D eigenvalue weighted by Gasteiger charge is 2.25. The van der Waals surface area contributed by atoms with Crippen LogP contribution in [0, 0.1) is 5.92 Å². The second-order valence-electron chi connectivity index (χ2n) is 6.28. The zero-order chi connectivity index (χ0) is 13.8. The summed E-state index contributed by atoms with van der Waals surface area (Å²) < 4.78 is 0. The Bertz CT molecular complexity index is 443. The molecule has 0 spiro atoms. The van der Waals surface area contributed by atoms with E-state index in [2.05, 4.69) is 42.2 Å². The van der Waals surface area contributed by atoms with E-state index in [4.69, 9.17) is 0 Å². The summed E-state index contributed by atoms with van der Waals surface area (Å²) in [6, 6.07) is 7.94. The van der Waals surface area contributed by atoms with Crippen LogP contribution in [0.3, 0.4) is 0 Å². The van der Waals surface area contributed by atoms with Gasteiger partial charge in [0.25, 0.3) is 0 Å². The Hall–Kier alpha value is -0.470. The first-order chi connectivity index (χ1) is 9.86. The lowest BCUT2D eigenvalue weighted by molar-refractivity contribution is 0.400. The molecule has 2 heteroatoms. The summed E-state index contributed by atoms with van der Waals surface area (Å²) in [7, 11) is 0. The van der Waals surface area contributed by atoms with Crippen LogP contribution in [0.25, 0.3) is 0 Å². The van der Waals surface area contributed by atoms with Gasteiger partial charge in [-0.1, -0.05) is 19.4 Å². The van der Waals surface area contributed by atoms with Crippen LogP contribution >= 0.6 is 11.8 Å².